The topological polar surface area (TPSA) is 68.5 Å². The Balaban J connectivity index is 1.60. The molecule has 0 saturated heterocycles. The molecular formula is C20H20BrN3O3. The first-order valence-corrected chi connectivity index (χ1v) is 9.28. The van der Waals surface area contributed by atoms with Crippen molar-refractivity contribution in [1.82, 2.24) is 15.0 Å². The lowest BCUT2D eigenvalue weighted by Gasteiger charge is -2.20. The molecule has 0 N–H and O–H groups in total. The molecule has 3 aromatic rings. The maximum atomic E-state index is 12.5. The van der Waals surface area contributed by atoms with E-state index in [1.54, 1.807) is 26.1 Å². The van der Waals surface area contributed by atoms with Crippen molar-refractivity contribution in [3.63, 3.8) is 0 Å². The number of aryl methyl sites for hydroxylation is 1. The molecule has 0 saturated carbocycles. The van der Waals surface area contributed by atoms with Crippen molar-refractivity contribution in [2.75, 3.05) is 7.05 Å². The highest BCUT2D eigenvalue weighted by atomic mass is 79.9. The number of likely N-dealkylation sites (N-methyl/N-ethyl adjacent to an activating group) is 1. The van der Waals surface area contributed by atoms with Crippen molar-refractivity contribution < 1.29 is 14.1 Å². The summed E-state index contributed by atoms with van der Waals surface area (Å²) in [4.78, 5) is 18.4. The van der Waals surface area contributed by atoms with Crippen LogP contribution in [0, 0.1) is 6.92 Å². The van der Waals surface area contributed by atoms with Gasteiger partial charge < -0.3 is 14.2 Å². The third-order valence-corrected chi connectivity index (χ3v) is 4.53. The second kappa shape index (κ2) is 8.35. The van der Waals surface area contributed by atoms with E-state index in [0.717, 1.165) is 15.6 Å². The number of carbonyl (C=O) groups excluding carboxylic acids is 1. The van der Waals surface area contributed by atoms with Gasteiger partial charge in [0, 0.05) is 17.1 Å². The zero-order valence-electron chi connectivity index (χ0n) is 15.3. The van der Waals surface area contributed by atoms with E-state index in [1.807, 2.05) is 43.3 Å². The fraction of sp³-hybridized carbons (Fsp3) is 0.250. The van der Waals surface area contributed by atoms with Crippen molar-refractivity contribution in [3.05, 3.63) is 64.5 Å². The Kier molecular flexibility index (Phi) is 5.91. The predicted molar refractivity (Wildman–Crippen MR) is 105 cm³/mol. The minimum atomic E-state index is -0.629. The predicted octanol–water partition coefficient (Wildman–Crippen LogP) is 4.23. The summed E-state index contributed by atoms with van der Waals surface area (Å²) in [6.07, 6.45) is -0.629. The second-order valence-electron chi connectivity index (χ2n) is 6.29. The summed E-state index contributed by atoms with van der Waals surface area (Å²) in [5.74, 6) is 1.34. The first-order valence-electron chi connectivity index (χ1n) is 8.49. The number of amides is 1. The van der Waals surface area contributed by atoms with Gasteiger partial charge in [-0.15, -0.1) is 0 Å². The van der Waals surface area contributed by atoms with E-state index >= 15 is 0 Å². The summed E-state index contributed by atoms with van der Waals surface area (Å²) in [6, 6.07) is 15.2. The number of hydrogen-bond acceptors (Lipinski definition) is 5. The van der Waals surface area contributed by atoms with Crippen molar-refractivity contribution in [3.8, 4) is 17.1 Å². The molecule has 0 fully saturated rings. The van der Waals surface area contributed by atoms with Gasteiger partial charge in [-0.1, -0.05) is 50.9 Å². The van der Waals surface area contributed by atoms with Gasteiger partial charge in [0.1, 0.15) is 5.75 Å². The molecule has 7 heteroatoms. The molecule has 0 spiro atoms. The second-order valence-corrected chi connectivity index (χ2v) is 7.20. The molecule has 6 nitrogen and oxygen atoms in total. The molecule has 1 atom stereocenters. The van der Waals surface area contributed by atoms with E-state index < -0.39 is 6.10 Å². The fourth-order valence-corrected chi connectivity index (χ4v) is 2.76. The molecule has 140 valence electrons. The Labute approximate surface area is 166 Å². The third-order valence-electron chi connectivity index (χ3n) is 4.00. The number of halogens is 1. The Bertz CT molecular complexity index is 907. The summed E-state index contributed by atoms with van der Waals surface area (Å²) < 4.78 is 11.9. The summed E-state index contributed by atoms with van der Waals surface area (Å²) in [6.45, 7) is 3.95. The minimum Gasteiger partial charge on any atom is -0.481 e. The lowest BCUT2D eigenvalue weighted by Crippen LogP contribution is -2.37. The van der Waals surface area contributed by atoms with Crippen LogP contribution in [-0.2, 0) is 11.3 Å². The van der Waals surface area contributed by atoms with Crippen LogP contribution in [0.5, 0.6) is 5.75 Å². The van der Waals surface area contributed by atoms with Crippen LogP contribution in [0.4, 0.5) is 0 Å². The highest BCUT2D eigenvalue weighted by Gasteiger charge is 2.21. The average molecular weight is 430 g/mol. The van der Waals surface area contributed by atoms with Crippen molar-refractivity contribution in [2.45, 2.75) is 26.5 Å². The first kappa shape index (κ1) is 19.1. The molecule has 0 aliphatic carbocycles. The number of benzene rings is 2. The molecule has 0 radical (unpaired) electrons. The van der Waals surface area contributed by atoms with E-state index in [2.05, 4.69) is 26.1 Å². The van der Waals surface area contributed by atoms with Gasteiger partial charge in [-0.3, -0.25) is 4.79 Å². The van der Waals surface area contributed by atoms with Gasteiger partial charge in [0.15, 0.2) is 6.10 Å². The summed E-state index contributed by atoms with van der Waals surface area (Å²) in [5, 5.41) is 3.99. The standard InChI is InChI=1S/C20H20BrN3O3/c1-13-4-6-15(7-5-13)19-22-18(27-23-19)12-24(3)20(25)14(2)26-17-10-8-16(21)9-11-17/h4-11,14H,12H2,1-3H3/t14-/m1/s1. The van der Waals surface area contributed by atoms with E-state index in [9.17, 15) is 4.79 Å². The van der Waals surface area contributed by atoms with Crippen LogP contribution in [-0.4, -0.2) is 34.1 Å². The molecule has 27 heavy (non-hydrogen) atoms. The maximum absolute atomic E-state index is 12.5. The molecular weight excluding hydrogens is 410 g/mol. The van der Waals surface area contributed by atoms with E-state index in [-0.39, 0.29) is 12.5 Å². The lowest BCUT2D eigenvalue weighted by molar-refractivity contribution is -0.137. The van der Waals surface area contributed by atoms with Gasteiger partial charge >= 0.3 is 0 Å². The molecule has 2 aromatic carbocycles. The molecule has 0 unspecified atom stereocenters. The fourth-order valence-electron chi connectivity index (χ4n) is 2.50. The summed E-state index contributed by atoms with van der Waals surface area (Å²) >= 11 is 3.37. The Hall–Kier alpha value is -2.67. The Morgan fingerprint density at radius 2 is 1.85 bits per heavy atom. The first-order chi connectivity index (χ1) is 12.9. The quantitative estimate of drug-likeness (QED) is 0.586. The van der Waals surface area contributed by atoms with Crippen molar-refractivity contribution in [2.24, 2.45) is 0 Å². The Morgan fingerprint density at radius 1 is 1.19 bits per heavy atom. The molecule has 3 rings (SSSR count). The van der Waals surface area contributed by atoms with Gasteiger partial charge in [-0.05, 0) is 38.1 Å². The molecule has 1 aromatic heterocycles. The molecule has 0 bridgehead atoms. The normalized spacial score (nSPS) is 11.9. The SMILES string of the molecule is Cc1ccc(-c2noc(CN(C)C(=O)[C@@H](C)Oc3ccc(Br)cc3)n2)cc1. The molecule has 1 heterocycles. The zero-order chi connectivity index (χ0) is 19.4. The average Bonchev–Trinajstić information content (AvgIpc) is 3.12. The van der Waals surface area contributed by atoms with Crippen molar-refractivity contribution in [1.29, 1.82) is 0 Å². The maximum Gasteiger partial charge on any atom is 0.263 e. The summed E-state index contributed by atoms with van der Waals surface area (Å²) in [5.41, 5.74) is 2.03. The highest BCUT2D eigenvalue weighted by Crippen LogP contribution is 2.19. The lowest BCUT2D eigenvalue weighted by atomic mass is 10.1. The monoisotopic (exact) mass is 429 g/mol. The molecule has 0 aliphatic rings. The van der Waals surface area contributed by atoms with Gasteiger partial charge in [0.05, 0.1) is 6.54 Å². The molecule has 1 amide bonds. The number of hydrogen-bond donors (Lipinski definition) is 0. The number of rotatable bonds is 6. The van der Waals surface area contributed by atoms with Crippen LogP contribution < -0.4 is 4.74 Å². The van der Waals surface area contributed by atoms with Gasteiger partial charge in [-0.25, -0.2) is 0 Å². The van der Waals surface area contributed by atoms with Crippen LogP contribution in [0.3, 0.4) is 0 Å². The number of ether oxygens (including phenoxy) is 1. The van der Waals surface area contributed by atoms with Crippen LogP contribution >= 0.6 is 15.9 Å². The Morgan fingerprint density at radius 3 is 2.52 bits per heavy atom. The van der Waals surface area contributed by atoms with Gasteiger partial charge in [0.25, 0.3) is 5.91 Å². The number of nitrogens with zero attached hydrogens (tertiary/aromatic N) is 3. The number of aromatic nitrogens is 2. The highest BCUT2D eigenvalue weighted by molar-refractivity contribution is 9.10. The van der Waals surface area contributed by atoms with Crippen LogP contribution in [0.2, 0.25) is 0 Å². The zero-order valence-corrected chi connectivity index (χ0v) is 16.9. The van der Waals surface area contributed by atoms with Crippen molar-refractivity contribution >= 4 is 21.8 Å². The van der Waals surface area contributed by atoms with Crippen LogP contribution in [0.1, 0.15) is 18.4 Å². The number of carbonyl (C=O) groups is 1. The van der Waals surface area contributed by atoms with E-state index in [4.69, 9.17) is 9.26 Å². The van der Waals surface area contributed by atoms with E-state index in [0.29, 0.717) is 17.5 Å². The smallest absolute Gasteiger partial charge is 0.263 e. The van der Waals surface area contributed by atoms with Gasteiger partial charge in [-0.2, -0.15) is 4.98 Å². The third kappa shape index (κ3) is 4.95. The minimum absolute atomic E-state index is 0.173. The summed E-state index contributed by atoms with van der Waals surface area (Å²) in [7, 11) is 1.68. The largest absolute Gasteiger partial charge is 0.481 e. The van der Waals surface area contributed by atoms with Crippen LogP contribution in [0.15, 0.2) is 57.5 Å². The molecule has 0 aliphatic heterocycles. The van der Waals surface area contributed by atoms with Gasteiger partial charge in [0.2, 0.25) is 11.7 Å². The van der Waals surface area contributed by atoms with Crippen LogP contribution in [0.25, 0.3) is 11.4 Å². The van der Waals surface area contributed by atoms with E-state index in [1.165, 1.54) is 4.90 Å².